The minimum absolute atomic E-state index is 0.662. The van der Waals surface area contributed by atoms with Crippen LogP contribution in [0.15, 0.2) is 42.0 Å². The van der Waals surface area contributed by atoms with Crippen molar-refractivity contribution in [2.75, 3.05) is 5.32 Å². The molecule has 0 aliphatic heterocycles. The van der Waals surface area contributed by atoms with Crippen molar-refractivity contribution in [2.45, 2.75) is 6.54 Å². The highest BCUT2D eigenvalue weighted by molar-refractivity contribution is 7.13. The van der Waals surface area contributed by atoms with Crippen LogP contribution in [-0.2, 0) is 13.6 Å². The molecule has 0 atom stereocenters. The summed E-state index contributed by atoms with van der Waals surface area (Å²) in [5.74, 6) is 0. The lowest BCUT2D eigenvalue weighted by molar-refractivity contribution is 0.713. The second kappa shape index (κ2) is 5.19. The van der Waals surface area contributed by atoms with Gasteiger partial charge >= 0.3 is 0 Å². The molecule has 3 aromatic rings. The van der Waals surface area contributed by atoms with Gasteiger partial charge in [-0.2, -0.15) is 0 Å². The Labute approximate surface area is 114 Å². The summed E-state index contributed by atoms with van der Waals surface area (Å²) in [5, 5.41) is 14.3. The third-order valence-corrected chi connectivity index (χ3v) is 3.49. The first-order valence-corrected chi connectivity index (χ1v) is 6.78. The first kappa shape index (κ1) is 11.9. The molecule has 6 heteroatoms. The molecule has 2 heterocycles. The van der Waals surface area contributed by atoms with Crippen LogP contribution in [0.25, 0.3) is 10.6 Å². The first-order chi connectivity index (χ1) is 9.31. The fourth-order valence-electron chi connectivity index (χ4n) is 1.80. The maximum absolute atomic E-state index is 4.31. The molecule has 0 radical (unpaired) electrons. The van der Waals surface area contributed by atoms with Gasteiger partial charge in [0.05, 0.1) is 6.54 Å². The highest BCUT2D eigenvalue weighted by atomic mass is 32.1. The van der Waals surface area contributed by atoms with Gasteiger partial charge in [-0.25, -0.2) is 4.98 Å². The fraction of sp³-hybridized carbons (Fsp3) is 0.154. The molecule has 0 aliphatic carbocycles. The van der Waals surface area contributed by atoms with E-state index in [4.69, 9.17) is 0 Å². The van der Waals surface area contributed by atoms with E-state index in [1.807, 2.05) is 37.0 Å². The van der Waals surface area contributed by atoms with Gasteiger partial charge < -0.3 is 5.32 Å². The van der Waals surface area contributed by atoms with E-state index in [0.29, 0.717) is 6.54 Å². The number of hydrogen-bond donors (Lipinski definition) is 1. The van der Waals surface area contributed by atoms with Gasteiger partial charge in [0, 0.05) is 36.1 Å². The number of rotatable bonds is 4. The summed E-state index contributed by atoms with van der Waals surface area (Å²) in [6.07, 6.45) is 3.72. The summed E-state index contributed by atoms with van der Waals surface area (Å²) in [6.45, 7) is 0.662. The molecule has 0 saturated heterocycles. The van der Waals surface area contributed by atoms with Crippen molar-refractivity contribution in [3.05, 3.63) is 47.7 Å². The van der Waals surface area contributed by atoms with Crippen LogP contribution in [-0.4, -0.2) is 20.0 Å². The molecule has 3 rings (SSSR count). The van der Waals surface area contributed by atoms with Gasteiger partial charge in [-0.15, -0.1) is 16.4 Å². The minimum Gasteiger partial charge on any atom is -0.379 e. The average molecular weight is 271 g/mol. The maximum atomic E-state index is 4.31. The van der Waals surface area contributed by atoms with Gasteiger partial charge in [-0.1, -0.05) is 17.3 Å². The molecule has 2 aromatic heterocycles. The highest BCUT2D eigenvalue weighted by Crippen LogP contribution is 2.24. The molecule has 19 heavy (non-hydrogen) atoms. The third kappa shape index (κ3) is 2.79. The Kier molecular flexibility index (Phi) is 3.24. The van der Waals surface area contributed by atoms with E-state index < -0.39 is 0 Å². The smallest absolute Gasteiger partial charge is 0.123 e. The van der Waals surface area contributed by atoms with Gasteiger partial charge in [-0.3, -0.25) is 4.68 Å². The van der Waals surface area contributed by atoms with Crippen LogP contribution >= 0.6 is 11.3 Å². The van der Waals surface area contributed by atoms with Crippen LogP contribution < -0.4 is 5.32 Å². The largest absolute Gasteiger partial charge is 0.379 e. The molecular weight excluding hydrogens is 258 g/mol. The predicted octanol–water partition coefficient (Wildman–Crippen LogP) is 2.55. The molecule has 0 bridgehead atoms. The lowest BCUT2D eigenvalue weighted by atomic mass is 10.2. The van der Waals surface area contributed by atoms with Crippen molar-refractivity contribution in [1.29, 1.82) is 0 Å². The number of nitrogens with one attached hydrogen (secondary N) is 1. The van der Waals surface area contributed by atoms with Crippen molar-refractivity contribution in [1.82, 2.24) is 20.0 Å². The predicted molar refractivity (Wildman–Crippen MR) is 75.9 cm³/mol. The van der Waals surface area contributed by atoms with Gasteiger partial charge in [0.25, 0.3) is 0 Å². The summed E-state index contributed by atoms with van der Waals surface area (Å²) >= 11 is 1.64. The number of aryl methyl sites for hydroxylation is 1. The molecule has 0 saturated carbocycles. The van der Waals surface area contributed by atoms with Crippen LogP contribution in [0.5, 0.6) is 0 Å². The zero-order valence-electron chi connectivity index (χ0n) is 10.4. The molecule has 0 unspecified atom stereocenters. The molecule has 96 valence electrons. The molecule has 5 nitrogen and oxygen atoms in total. The van der Waals surface area contributed by atoms with Crippen molar-refractivity contribution in [3.8, 4) is 10.6 Å². The van der Waals surface area contributed by atoms with E-state index in [2.05, 4.69) is 32.7 Å². The lowest BCUT2D eigenvalue weighted by Crippen LogP contribution is -1.99. The van der Waals surface area contributed by atoms with Gasteiger partial charge in [0.15, 0.2) is 0 Å². The van der Waals surface area contributed by atoms with E-state index in [1.165, 1.54) is 0 Å². The molecule has 0 fully saturated rings. The van der Waals surface area contributed by atoms with Crippen molar-refractivity contribution in [3.63, 3.8) is 0 Å². The summed E-state index contributed by atoms with van der Waals surface area (Å²) in [5.41, 5.74) is 3.10. The number of hydrogen-bond acceptors (Lipinski definition) is 5. The zero-order valence-corrected chi connectivity index (χ0v) is 11.3. The van der Waals surface area contributed by atoms with E-state index in [1.54, 1.807) is 16.0 Å². The monoisotopic (exact) mass is 271 g/mol. The SMILES string of the molecule is Cn1cc(CNc2cccc(-c3nccs3)c2)nn1. The summed E-state index contributed by atoms with van der Waals surface area (Å²) in [6, 6.07) is 8.21. The minimum atomic E-state index is 0.662. The molecular formula is C13H13N5S. The molecule has 0 spiro atoms. The van der Waals surface area contributed by atoms with Crippen molar-refractivity contribution >= 4 is 17.0 Å². The number of thiazole rings is 1. The van der Waals surface area contributed by atoms with Crippen LogP contribution in [0.1, 0.15) is 5.69 Å². The average Bonchev–Trinajstić information content (AvgIpc) is 3.08. The summed E-state index contributed by atoms with van der Waals surface area (Å²) in [7, 11) is 1.86. The Morgan fingerprint density at radius 2 is 2.32 bits per heavy atom. The van der Waals surface area contributed by atoms with Crippen molar-refractivity contribution < 1.29 is 0 Å². The maximum Gasteiger partial charge on any atom is 0.123 e. The van der Waals surface area contributed by atoms with E-state index in [9.17, 15) is 0 Å². The molecule has 1 aromatic carbocycles. The number of anilines is 1. The topological polar surface area (TPSA) is 55.6 Å². The second-order valence-corrected chi connectivity index (χ2v) is 5.05. The van der Waals surface area contributed by atoms with Crippen LogP contribution in [0.2, 0.25) is 0 Å². The normalized spacial score (nSPS) is 10.6. The second-order valence-electron chi connectivity index (χ2n) is 4.16. The Hall–Kier alpha value is -2.21. The van der Waals surface area contributed by atoms with Gasteiger partial charge in [0.2, 0.25) is 0 Å². The highest BCUT2D eigenvalue weighted by Gasteiger charge is 2.02. The first-order valence-electron chi connectivity index (χ1n) is 5.90. The Bertz CT molecular complexity index is 659. The fourth-order valence-corrected chi connectivity index (χ4v) is 2.43. The van der Waals surface area contributed by atoms with Crippen LogP contribution in [0, 0.1) is 0 Å². The molecule has 1 N–H and O–H groups in total. The molecule has 0 aliphatic rings. The number of nitrogens with zero attached hydrogens (tertiary/aromatic N) is 4. The van der Waals surface area contributed by atoms with Crippen LogP contribution in [0.3, 0.4) is 0 Å². The van der Waals surface area contributed by atoms with Gasteiger partial charge in [0.1, 0.15) is 10.7 Å². The van der Waals surface area contributed by atoms with E-state index in [-0.39, 0.29) is 0 Å². The zero-order chi connectivity index (χ0) is 13.1. The van der Waals surface area contributed by atoms with Crippen molar-refractivity contribution in [2.24, 2.45) is 7.05 Å². The van der Waals surface area contributed by atoms with E-state index in [0.717, 1.165) is 22.0 Å². The lowest BCUT2D eigenvalue weighted by Gasteiger charge is -2.05. The summed E-state index contributed by atoms with van der Waals surface area (Å²) in [4.78, 5) is 4.31. The van der Waals surface area contributed by atoms with E-state index >= 15 is 0 Å². The molecule has 0 amide bonds. The Morgan fingerprint density at radius 3 is 3.05 bits per heavy atom. The number of aromatic nitrogens is 4. The van der Waals surface area contributed by atoms with Crippen LogP contribution in [0.4, 0.5) is 5.69 Å². The third-order valence-electron chi connectivity index (χ3n) is 2.67. The number of benzene rings is 1. The Balaban J connectivity index is 1.73. The van der Waals surface area contributed by atoms with Gasteiger partial charge in [-0.05, 0) is 12.1 Å². The Morgan fingerprint density at radius 1 is 1.37 bits per heavy atom. The summed E-state index contributed by atoms with van der Waals surface area (Å²) < 4.78 is 1.70. The standard InChI is InChI=1S/C13H13N5S/c1-18-9-12(16-17-18)8-15-11-4-2-3-10(7-11)13-14-5-6-19-13/h2-7,9,15H,8H2,1H3. The quantitative estimate of drug-likeness (QED) is 0.792.